The largest absolute Gasteiger partial charge is 0.381 e. The Morgan fingerprint density at radius 2 is 1.55 bits per heavy atom. The Kier molecular flexibility index (Phi) is 13.5. The summed E-state index contributed by atoms with van der Waals surface area (Å²) < 4.78 is 16.9. The zero-order chi connectivity index (χ0) is 15.7. The van der Waals surface area contributed by atoms with E-state index in [1.54, 1.807) is 0 Å². The standard InChI is InChI=1S/C18H33NO3/c19-12-5-3-8-14-20-13-6-1-2-7-15-21-17-11-18-10-4-9-16-22-18/h18H,1-11,13-17H2. The monoisotopic (exact) mass is 311 g/mol. The molecule has 4 heteroatoms. The van der Waals surface area contributed by atoms with Crippen LogP contribution in [0.2, 0.25) is 0 Å². The van der Waals surface area contributed by atoms with Crippen LogP contribution in [-0.4, -0.2) is 39.1 Å². The van der Waals surface area contributed by atoms with Crippen LogP contribution in [0.25, 0.3) is 0 Å². The topological polar surface area (TPSA) is 51.5 Å². The van der Waals surface area contributed by atoms with E-state index in [4.69, 9.17) is 19.5 Å². The molecule has 0 saturated carbocycles. The first-order valence-electron chi connectivity index (χ1n) is 9.07. The number of nitriles is 1. The van der Waals surface area contributed by atoms with Crippen LogP contribution in [0.4, 0.5) is 0 Å². The molecule has 1 atom stereocenters. The highest BCUT2D eigenvalue weighted by molar-refractivity contribution is 4.67. The van der Waals surface area contributed by atoms with Gasteiger partial charge in [0.15, 0.2) is 0 Å². The van der Waals surface area contributed by atoms with Crippen LogP contribution in [0.1, 0.15) is 70.6 Å². The number of ether oxygens (including phenoxy) is 3. The van der Waals surface area contributed by atoms with E-state index >= 15 is 0 Å². The molecule has 0 N–H and O–H groups in total. The molecule has 22 heavy (non-hydrogen) atoms. The molecule has 0 aromatic carbocycles. The second-order valence-corrected chi connectivity index (χ2v) is 6.03. The minimum Gasteiger partial charge on any atom is -0.381 e. The maximum absolute atomic E-state index is 8.40. The lowest BCUT2D eigenvalue weighted by atomic mass is 10.1. The second kappa shape index (κ2) is 15.3. The van der Waals surface area contributed by atoms with Gasteiger partial charge in [-0.05, 0) is 51.4 Å². The lowest BCUT2D eigenvalue weighted by molar-refractivity contribution is -0.00786. The van der Waals surface area contributed by atoms with Crippen molar-refractivity contribution in [1.29, 1.82) is 5.26 Å². The van der Waals surface area contributed by atoms with Gasteiger partial charge in [-0.15, -0.1) is 0 Å². The number of unbranched alkanes of at least 4 members (excludes halogenated alkanes) is 5. The Morgan fingerprint density at radius 1 is 0.864 bits per heavy atom. The molecule has 0 aromatic rings. The molecule has 0 spiro atoms. The van der Waals surface area contributed by atoms with Gasteiger partial charge in [0.2, 0.25) is 0 Å². The van der Waals surface area contributed by atoms with Gasteiger partial charge < -0.3 is 14.2 Å². The van der Waals surface area contributed by atoms with Gasteiger partial charge in [0.05, 0.1) is 12.2 Å². The maximum Gasteiger partial charge on any atom is 0.0621 e. The average Bonchev–Trinajstić information content (AvgIpc) is 2.56. The zero-order valence-electron chi connectivity index (χ0n) is 14.1. The normalized spacial score (nSPS) is 18.2. The molecule has 0 aromatic heterocycles. The summed E-state index contributed by atoms with van der Waals surface area (Å²) in [5, 5.41) is 8.40. The van der Waals surface area contributed by atoms with Gasteiger partial charge in [0.25, 0.3) is 0 Å². The SMILES string of the molecule is N#CCCCCOCCCCCCOCCC1CCCCO1. The Balaban J connectivity index is 1.68. The molecule has 1 unspecified atom stereocenters. The van der Waals surface area contributed by atoms with Crippen molar-refractivity contribution in [2.75, 3.05) is 33.0 Å². The smallest absolute Gasteiger partial charge is 0.0621 e. The van der Waals surface area contributed by atoms with Crippen molar-refractivity contribution in [3.63, 3.8) is 0 Å². The van der Waals surface area contributed by atoms with E-state index in [0.717, 1.165) is 65.1 Å². The fourth-order valence-corrected chi connectivity index (χ4v) is 2.62. The van der Waals surface area contributed by atoms with E-state index in [9.17, 15) is 0 Å². The van der Waals surface area contributed by atoms with E-state index in [1.807, 2.05) is 0 Å². The van der Waals surface area contributed by atoms with Gasteiger partial charge >= 0.3 is 0 Å². The van der Waals surface area contributed by atoms with Crippen LogP contribution in [0, 0.1) is 11.3 Å². The lowest BCUT2D eigenvalue weighted by Crippen LogP contribution is -2.20. The molecule has 0 aliphatic carbocycles. The van der Waals surface area contributed by atoms with Crippen LogP contribution < -0.4 is 0 Å². The predicted molar refractivity (Wildman–Crippen MR) is 87.8 cm³/mol. The van der Waals surface area contributed by atoms with Gasteiger partial charge in [-0.25, -0.2) is 0 Å². The summed E-state index contributed by atoms with van der Waals surface area (Å²) in [5.74, 6) is 0. The molecule has 1 saturated heterocycles. The Hall–Kier alpha value is -0.630. The third-order valence-electron chi connectivity index (χ3n) is 4.01. The minimum atomic E-state index is 0.444. The Morgan fingerprint density at radius 3 is 2.18 bits per heavy atom. The van der Waals surface area contributed by atoms with Crippen LogP contribution in [-0.2, 0) is 14.2 Å². The van der Waals surface area contributed by atoms with E-state index in [2.05, 4.69) is 6.07 Å². The first-order chi connectivity index (χ1) is 10.9. The Labute approximate surface area is 136 Å². The van der Waals surface area contributed by atoms with Crippen LogP contribution in [0.15, 0.2) is 0 Å². The summed E-state index contributed by atoms with van der Waals surface area (Å²) in [6.07, 6.45) is 12.6. The lowest BCUT2D eigenvalue weighted by Gasteiger charge is -2.22. The van der Waals surface area contributed by atoms with Crippen LogP contribution in [0.5, 0.6) is 0 Å². The molecule has 0 radical (unpaired) electrons. The predicted octanol–water partition coefficient (Wildman–Crippen LogP) is 4.23. The Bertz CT molecular complexity index is 272. The van der Waals surface area contributed by atoms with Gasteiger partial charge in [0, 0.05) is 39.5 Å². The number of nitrogens with zero attached hydrogens (tertiary/aromatic N) is 1. The molecule has 1 fully saturated rings. The fourth-order valence-electron chi connectivity index (χ4n) is 2.62. The molecular formula is C18H33NO3. The first-order valence-corrected chi connectivity index (χ1v) is 9.07. The fraction of sp³-hybridized carbons (Fsp3) is 0.944. The van der Waals surface area contributed by atoms with Crippen molar-refractivity contribution >= 4 is 0 Å². The molecule has 4 nitrogen and oxygen atoms in total. The molecule has 1 heterocycles. The minimum absolute atomic E-state index is 0.444. The van der Waals surface area contributed by atoms with Gasteiger partial charge in [-0.1, -0.05) is 12.8 Å². The van der Waals surface area contributed by atoms with Crippen LogP contribution in [0.3, 0.4) is 0 Å². The quantitative estimate of drug-likeness (QED) is 0.450. The van der Waals surface area contributed by atoms with Crippen molar-refractivity contribution in [2.45, 2.75) is 76.7 Å². The summed E-state index contributed by atoms with van der Waals surface area (Å²) >= 11 is 0. The molecule has 1 rings (SSSR count). The van der Waals surface area contributed by atoms with E-state index in [1.165, 1.54) is 32.1 Å². The number of hydrogen-bond donors (Lipinski definition) is 0. The van der Waals surface area contributed by atoms with E-state index in [-0.39, 0.29) is 0 Å². The summed E-state index contributed by atoms with van der Waals surface area (Å²) in [7, 11) is 0. The average molecular weight is 311 g/mol. The highest BCUT2D eigenvalue weighted by Gasteiger charge is 2.12. The van der Waals surface area contributed by atoms with E-state index < -0.39 is 0 Å². The molecule has 0 bridgehead atoms. The second-order valence-electron chi connectivity index (χ2n) is 6.03. The molecule has 0 amide bonds. The van der Waals surface area contributed by atoms with Crippen molar-refractivity contribution in [3.8, 4) is 6.07 Å². The summed E-state index contributed by atoms with van der Waals surface area (Å²) in [6.45, 7) is 4.31. The molecular weight excluding hydrogens is 278 g/mol. The highest BCUT2D eigenvalue weighted by Crippen LogP contribution is 2.15. The third kappa shape index (κ3) is 12.0. The van der Waals surface area contributed by atoms with Crippen molar-refractivity contribution in [1.82, 2.24) is 0 Å². The summed E-state index contributed by atoms with van der Waals surface area (Å²) in [4.78, 5) is 0. The summed E-state index contributed by atoms with van der Waals surface area (Å²) in [6, 6.07) is 2.15. The van der Waals surface area contributed by atoms with Crippen molar-refractivity contribution in [3.05, 3.63) is 0 Å². The maximum atomic E-state index is 8.40. The summed E-state index contributed by atoms with van der Waals surface area (Å²) in [5.41, 5.74) is 0. The highest BCUT2D eigenvalue weighted by atomic mass is 16.5. The van der Waals surface area contributed by atoms with Gasteiger partial charge in [0.1, 0.15) is 0 Å². The zero-order valence-corrected chi connectivity index (χ0v) is 14.1. The third-order valence-corrected chi connectivity index (χ3v) is 4.01. The van der Waals surface area contributed by atoms with Crippen molar-refractivity contribution in [2.24, 2.45) is 0 Å². The van der Waals surface area contributed by atoms with Gasteiger partial charge in [-0.2, -0.15) is 5.26 Å². The van der Waals surface area contributed by atoms with Crippen molar-refractivity contribution < 1.29 is 14.2 Å². The van der Waals surface area contributed by atoms with E-state index in [0.29, 0.717) is 12.5 Å². The molecule has 128 valence electrons. The van der Waals surface area contributed by atoms with Crippen LogP contribution >= 0.6 is 0 Å². The molecule has 1 aliphatic rings. The van der Waals surface area contributed by atoms with Gasteiger partial charge in [-0.3, -0.25) is 0 Å². The number of hydrogen-bond acceptors (Lipinski definition) is 4. The molecule has 1 aliphatic heterocycles. The number of rotatable bonds is 14. The first kappa shape index (κ1) is 19.4.